The molecule has 41 heavy (non-hydrogen) atoms. The average Bonchev–Trinajstić information content (AvgIpc) is 3.60. The Balaban J connectivity index is 1.39. The molecule has 2 aromatic heterocycles. The molecule has 1 amide bonds. The normalized spacial score (nSPS) is 13.9. The van der Waals surface area contributed by atoms with E-state index in [0.717, 1.165) is 62.8 Å². The number of amides is 1. The number of pyridine rings is 1. The lowest BCUT2D eigenvalue weighted by Gasteiger charge is -2.17. The Labute approximate surface area is 238 Å². The number of hydrogen-bond donors (Lipinski definition) is 1. The lowest BCUT2D eigenvalue weighted by molar-refractivity contribution is -0.117. The highest BCUT2D eigenvalue weighted by Crippen LogP contribution is 2.41. The molecule has 1 N–H and O–H groups in total. The summed E-state index contributed by atoms with van der Waals surface area (Å²) < 4.78 is 26.3. The van der Waals surface area contributed by atoms with Crippen molar-refractivity contribution in [3.05, 3.63) is 115 Å². The predicted molar refractivity (Wildman–Crippen MR) is 163 cm³/mol. The monoisotopic (exact) mass is 557 g/mol. The maximum absolute atomic E-state index is 13.2. The fourth-order valence-electron chi connectivity index (χ4n) is 5.79. The van der Waals surface area contributed by atoms with Gasteiger partial charge in [-0.3, -0.25) is 4.79 Å². The van der Waals surface area contributed by atoms with Crippen molar-refractivity contribution < 1.29 is 13.2 Å². The van der Waals surface area contributed by atoms with Gasteiger partial charge in [0.15, 0.2) is 9.84 Å². The van der Waals surface area contributed by atoms with Gasteiger partial charge < -0.3 is 9.88 Å². The first kappa shape index (κ1) is 25.2. The lowest BCUT2D eigenvalue weighted by Crippen LogP contribution is -2.23. The summed E-state index contributed by atoms with van der Waals surface area (Å²) in [7, 11) is -3.50. The topological polar surface area (TPSA) is 83.1 Å². The third-order valence-corrected chi connectivity index (χ3v) is 9.47. The summed E-state index contributed by atoms with van der Waals surface area (Å²) in [5, 5.41) is 1.87. The van der Waals surface area contributed by atoms with E-state index in [9.17, 15) is 13.2 Å². The molecule has 0 radical (unpaired) electrons. The van der Waals surface area contributed by atoms with Crippen LogP contribution in [0.4, 0.5) is 5.69 Å². The fraction of sp³-hybridized carbons (Fsp3) is 0.118. The summed E-state index contributed by atoms with van der Waals surface area (Å²) in [6.45, 7) is 0.749. The van der Waals surface area contributed by atoms with Crippen LogP contribution in [0.2, 0.25) is 0 Å². The number of sulfone groups is 1. The summed E-state index contributed by atoms with van der Waals surface area (Å²) in [5.74, 6) is 0.0686. The third-order valence-electron chi connectivity index (χ3n) is 7.77. The summed E-state index contributed by atoms with van der Waals surface area (Å²) in [6.07, 6.45) is 3.36. The molecule has 202 valence electrons. The Morgan fingerprint density at radius 3 is 2.27 bits per heavy atom. The number of nitrogens with one attached hydrogen (secondary N) is 1. The van der Waals surface area contributed by atoms with Crippen molar-refractivity contribution in [1.82, 2.24) is 9.97 Å². The molecule has 1 saturated heterocycles. The number of rotatable bonds is 6. The number of aromatic nitrogens is 2. The first-order valence-electron chi connectivity index (χ1n) is 13.7. The summed E-state index contributed by atoms with van der Waals surface area (Å²) in [6, 6.07) is 32.6. The second-order valence-electron chi connectivity index (χ2n) is 10.4. The zero-order chi connectivity index (χ0) is 28.0. The Kier molecular flexibility index (Phi) is 6.16. The largest absolute Gasteiger partial charge is 0.339 e. The Morgan fingerprint density at radius 1 is 0.829 bits per heavy atom. The molecule has 1 aliphatic heterocycles. The second kappa shape index (κ2) is 10.0. The van der Waals surface area contributed by atoms with Gasteiger partial charge in [0.25, 0.3) is 0 Å². The highest BCUT2D eigenvalue weighted by Gasteiger charge is 2.23. The van der Waals surface area contributed by atoms with E-state index in [-0.39, 0.29) is 11.7 Å². The van der Waals surface area contributed by atoms with Crippen molar-refractivity contribution in [2.75, 3.05) is 11.4 Å². The number of fused-ring (bicyclic) bond motifs is 3. The molecule has 3 heterocycles. The number of hydrogen-bond acceptors (Lipinski definition) is 4. The number of H-pyrrole nitrogens is 1. The fourth-order valence-corrected chi connectivity index (χ4v) is 7.15. The molecule has 6 nitrogen and oxygen atoms in total. The first-order chi connectivity index (χ1) is 20.0. The molecule has 0 bridgehead atoms. The molecule has 4 aromatic carbocycles. The number of carbonyl (C=O) groups is 1. The van der Waals surface area contributed by atoms with Crippen LogP contribution in [0.1, 0.15) is 18.4 Å². The standard InChI is InChI=1S/C34H27N3O3S/c38-31-12-7-19-37(31)26-16-14-24(15-17-26)29-21-35-34-33(32(29)25-8-3-1-4-9-25)28-20-23(13-18-30(28)36-34)22-41(39,40)27-10-5-2-6-11-27/h1-6,8-11,13-18,20-21H,7,12,19,22H2,(H,35,36). The van der Waals surface area contributed by atoms with Crippen LogP contribution in [-0.2, 0) is 20.4 Å². The van der Waals surface area contributed by atoms with Gasteiger partial charge in [-0.25, -0.2) is 13.4 Å². The van der Waals surface area contributed by atoms with Crippen LogP contribution in [-0.4, -0.2) is 30.8 Å². The molecule has 0 unspecified atom stereocenters. The lowest BCUT2D eigenvalue weighted by atomic mass is 9.92. The van der Waals surface area contributed by atoms with E-state index < -0.39 is 9.84 Å². The van der Waals surface area contributed by atoms with Crippen LogP contribution in [0.25, 0.3) is 44.2 Å². The van der Waals surface area contributed by atoms with Crippen LogP contribution >= 0.6 is 0 Å². The molecule has 7 rings (SSSR count). The van der Waals surface area contributed by atoms with Crippen molar-refractivity contribution in [1.29, 1.82) is 0 Å². The smallest absolute Gasteiger partial charge is 0.227 e. The summed E-state index contributed by atoms with van der Waals surface area (Å²) in [5.41, 5.74) is 7.27. The van der Waals surface area contributed by atoms with Crippen LogP contribution in [0, 0.1) is 0 Å². The highest BCUT2D eigenvalue weighted by molar-refractivity contribution is 7.90. The molecular weight excluding hydrogens is 530 g/mol. The van der Waals surface area contributed by atoms with Gasteiger partial charge in [0, 0.05) is 52.3 Å². The van der Waals surface area contributed by atoms with Crippen molar-refractivity contribution in [2.24, 2.45) is 0 Å². The minimum atomic E-state index is -3.50. The van der Waals surface area contributed by atoms with Gasteiger partial charge in [-0.2, -0.15) is 0 Å². The number of benzene rings is 4. The van der Waals surface area contributed by atoms with Crippen LogP contribution < -0.4 is 4.90 Å². The minimum Gasteiger partial charge on any atom is -0.339 e. The number of nitrogens with zero attached hydrogens (tertiary/aromatic N) is 2. The van der Waals surface area contributed by atoms with Crippen molar-refractivity contribution in [3.8, 4) is 22.3 Å². The number of aromatic amines is 1. The van der Waals surface area contributed by atoms with Gasteiger partial charge in [0.05, 0.1) is 10.6 Å². The van der Waals surface area contributed by atoms with Gasteiger partial charge >= 0.3 is 0 Å². The van der Waals surface area contributed by atoms with Gasteiger partial charge in [-0.15, -0.1) is 0 Å². The molecule has 0 atom stereocenters. The molecule has 6 aromatic rings. The molecule has 0 aliphatic carbocycles. The molecular formula is C34H27N3O3S. The highest BCUT2D eigenvalue weighted by atomic mass is 32.2. The summed E-state index contributed by atoms with van der Waals surface area (Å²) in [4.78, 5) is 22.7. The zero-order valence-corrected chi connectivity index (χ0v) is 23.1. The van der Waals surface area contributed by atoms with Crippen LogP contribution in [0.15, 0.2) is 114 Å². The molecule has 0 spiro atoms. The SMILES string of the molecule is O=C1CCCN1c1ccc(-c2cnc3[nH]c4ccc(CS(=O)(=O)c5ccccc5)cc4c3c2-c2ccccc2)cc1. The Hall–Kier alpha value is -4.75. The first-order valence-corrected chi connectivity index (χ1v) is 15.3. The predicted octanol–water partition coefficient (Wildman–Crippen LogP) is 7.15. The van der Waals surface area contributed by atoms with Crippen molar-refractivity contribution in [2.45, 2.75) is 23.5 Å². The third kappa shape index (κ3) is 4.58. The summed E-state index contributed by atoms with van der Waals surface area (Å²) >= 11 is 0. The van der Waals surface area contributed by atoms with E-state index in [1.54, 1.807) is 24.3 Å². The average molecular weight is 558 g/mol. The van der Waals surface area contributed by atoms with E-state index >= 15 is 0 Å². The van der Waals surface area contributed by atoms with Gasteiger partial charge in [-0.1, -0.05) is 66.7 Å². The van der Waals surface area contributed by atoms with E-state index in [1.165, 1.54) is 0 Å². The van der Waals surface area contributed by atoms with E-state index in [4.69, 9.17) is 4.98 Å². The zero-order valence-electron chi connectivity index (χ0n) is 22.2. The van der Waals surface area contributed by atoms with Crippen molar-refractivity contribution >= 4 is 43.4 Å². The van der Waals surface area contributed by atoms with Gasteiger partial charge in [-0.05, 0) is 59.5 Å². The Morgan fingerprint density at radius 2 is 1.56 bits per heavy atom. The molecule has 7 heteroatoms. The minimum absolute atomic E-state index is 0.0932. The number of anilines is 1. The molecule has 1 fully saturated rings. The van der Waals surface area contributed by atoms with Gasteiger partial charge in [0.1, 0.15) is 5.65 Å². The molecule has 1 aliphatic rings. The van der Waals surface area contributed by atoms with E-state index in [1.807, 2.05) is 77.8 Å². The maximum Gasteiger partial charge on any atom is 0.227 e. The maximum atomic E-state index is 13.2. The van der Waals surface area contributed by atoms with Crippen LogP contribution in [0.3, 0.4) is 0 Å². The molecule has 0 saturated carbocycles. The van der Waals surface area contributed by atoms with E-state index in [2.05, 4.69) is 17.1 Å². The van der Waals surface area contributed by atoms with Gasteiger partial charge in [0.2, 0.25) is 5.91 Å². The van der Waals surface area contributed by atoms with Crippen LogP contribution in [0.5, 0.6) is 0 Å². The van der Waals surface area contributed by atoms with E-state index in [0.29, 0.717) is 16.9 Å². The number of carbonyl (C=O) groups excluding carboxylic acids is 1. The second-order valence-corrected chi connectivity index (χ2v) is 12.4. The quantitative estimate of drug-likeness (QED) is 0.236. The Bertz CT molecular complexity index is 2020. The van der Waals surface area contributed by atoms with Crippen molar-refractivity contribution in [3.63, 3.8) is 0 Å².